The summed E-state index contributed by atoms with van der Waals surface area (Å²) in [6.07, 6.45) is 1.63. The number of amides is 1. The molecule has 0 atom stereocenters. The van der Waals surface area contributed by atoms with Crippen LogP contribution >= 0.6 is 12.4 Å². The summed E-state index contributed by atoms with van der Waals surface area (Å²) in [5, 5.41) is 6.18. The van der Waals surface area contributed by atoms with Gasteiger partial charge in [-0.15, -0.1) is 12.4 Å². The smallest absolute Gasteiger partial charge is 0.269 e. The van der Waals surface area contributed by atoms with Crippen LogP contribution in [0.4, 0.5) is 0 Å². The van der Waals surface area contributed by atoms with E-state index < -0.39 is 0 Å². The minimum absolute atomic E-state index is 0. The largest absolute Gasteiger partial charge is 0.349 e. The Kier molecular flexibility index (Phi) is 6.64. The molecular formula is C12H19ClN4O. The maximum absolute atomic E-state index is 11.7. The van der Waals surface area contributed by atoms with E-state index in [1.54, 1.807) is 18.3 Å². The van der Waals surface area contributed by atoms with Crippen LogP contribution in [0.25, 0.3) is 0 Å². The highest BCUT2D eigenvalue weighted by atomic mass is 35.5. The number of pyridine rings is 1. The SMILES string of the molecule is Cl.O=C(NCCN1CCNCC1)c1ccccn1. The molecule has 1 fully saturated rings. The summed E-state index contributed by atoms with van der Waals surface area (Å²) >= 11 is 0. The lowest BCUT2D eigenvalue weighted by molar-refractivity contribution is 0.0942. The first-order valence-corrected chi connectivity index (χ1v) is 5.98. The normalized spacial score (nSPS) is 15.8. The Balaban J connectivity index is 0.00000162. The molecule has 1 aliphatic heterocycles. The highest BCUT2D eigenvalue weighted by Crippen LogP contribution is 1.93. The molecule has 100 valence electrons. The second-order valence-electron chi connectivity index (χ2n) is 4.06. The molecule has 18 heavy (non-hydrogen) atoms. The van der Waals surface area contributed by atoms with Crippen LogP contribution in [0.5, 0.6) is 0 Å². The second kappa shape index (κ2) is 8.02. The third-order valence-corrected chi connectivity index (χ3v) is 2.82. The van der Waals surface area contributed by atoms with Crippen molar-refractivity contribution in [2.75, 3.05) is 39.3 Å². The predicted octanol–water partition coefficient (Wildman–Crippen LogP) is 0.138. The van der Waals surface area contributed by atoms with E-state index in [1.807, 2.05) is 6.07 Å². The lowest BCUT2D eigenvalue weighted by Gasteiger charge is -2.27. The van der Waals surface area contributed by atoms with Crippen LogP contribution in [-0.4, -0.2) is 55.1 Å². The number of rotatable bonds is 4. The Morgan fingerprint density at radius 3 is 2.83 bits per heavy atom. The van der Waals surface area contributed by atoms with E-state index in [0.717, 1.165) is 32.7 Å². The Hall–Kier alpha value is -1.17. The number of nitrogens with one attached hydrogen (secondary N) is 2. The zero-order valence-electron chi connectivity index (χ0n) is 10.3. The van der Waals surface area contributed by atoms with Crippen molar-refractivity contribution < 1.29 is 4.79 Å². The molecule has 1 aromatic heterocycles. The molecule has 2 N–H and O–H groups in total. The van der Waals surface area contributed by atoms with E-state index in [2.05, 4.69) is 20.5 Å². The molecule has 6 heteroatoms. The number of aromatic nitrogens is 1. The Morgan fingerprint density at radius 1 is 1.39 bits per heavy atom. The molecule has 0 bridgehead atoms. The molecular weight excluding hydrogens is 252 g/mol. The first-order chi connectivity index (χ1) is 8.36. The number of carbonyl (C=O) groups excluding carboxylic acids is 1. The van der Waals surface area contributed by atoms with E-state index >= 15 is 0 Å². The zero-order chi connectivity index (χ0) is 11.9. The highest BCUT2D eigenvalue weighted by Gasteiger charge is 2.10. The van der Waals surface area contributed by atoms with Gasteiger partial charge < -0.3 is 10.6 Å². The molecule has 5 nitrogen and oxygen atoms in total. The van der Waals surface area contributed by atoms with E-state index in [9.17, 15) is 4.79 Å². The number of hydrogen-bond donors (Lipinski definition) is 2. The quantitative estimate of drug-likeness (QED) is 0.817. The molecule has 1 aromatic rings. The van der Waals surface area contributed by atoms with Gasteiger partial charge in [0.25, 0.3) is 5.91 Å². The number of piperazine rings is 1. The van der Waals surface area contributed by atoms with E-state index in [0.29, 0.717) is 12.2 Å². The fourth-order valence-electron chi connectivity index (χ4n) is 1.85. The van der Waals surface area contributed by atoms with Crippen LogP contribution in [0.1, 0.15) is 10.5 Å². The van der Waals surface area contributed by atoms with Crippen LogP contribution in [0, 0.1) is 0 Å². The lowest BCUT2D eigenvalue weighted by Crippen LogP contribution is -2.46. The average Bonchev–Trinajstić information content (AvgIpc) is 2.41. The molecule has 0 spiro atoms. The molecule has 0 saturated carbocycles. The highest BCUT2D eigenvalue weighted by molar-refractivity contribution is 5.92. The van der Waals surface area contributed by atoms with Gasteiger partial charge in [0.2, 0.25) is 0 Å². The molecule has 1 amide bonds. The Labute approximate surface area is 113 Å². The van der Waals surface area contributed by atoms with Gasteiger partial charge >= 0.3 is 0 Å². The van der Waals surface area contributed by atoms with E-state index in [1.165, 1.54) is 0 Å². The van der Waals surface area contributed by atoms with Gasteiger partial charge in [0.1, 0.15) is 5.69 Å². The fourth-order valence-corrected chi connectivity index (χ4v) is 1.85. The van der Waals surface area contributed by atoms with E-state index in [4.69, 9.17) is 0 Å². The van der Waals surface area contributed by atoms with E-state index in [-0.39, 0.29) is 18.3 Å². The van der Waals surface area contributed by atoms with Gasteiger partial charge in [-0.25, -0.2) is 0 Å². The zero-order valence-corrected chi connectivity index (χ0v) is 11.1. The van der Waals surface area contributed by atoms with Gasteiger partial charge in [-0.1, -0.05) is 6.07 Å². The van der Waals surface area contributed by atoms with Gasteiger partial charge in [-0.05, 0) is 12.1 Å². The van der Waals surface area contributed by atoms with Crippen molar-refractivity contribution in [3.8, 4) is 0 Å². The van der Waals surface area contributed by atoms with Gasteiger partial charge in [0.15, 0.2) is 0 Å². The summed E-state index contributed by atoms with van der Waals surface area (Å²) in [5.74, 6) is -0.0965. The first kappa shape index (κ1) is 14.9. The number of carbonyl (C=O) groups is 1. The molecule has 0 aromatic carbocycles. The molecule has 1 aliphatic rings. The lowest BCUT2D eigenvalue weighted by atomic mass is 10.3. The summed E-state index contributed by atoms with van der Waals surface area (Å²) in [6, 6.07) is 5.34. The third-order valence-electron chi connectivity index (χ3n) is 2.82. The van der Waals surface area contributed by atoms with Gasteiger partial charge in [-0.2, -0.15) is 0 Å². The summed E-state index contributed by atoms with van der Waals surface area (Å²) in [5.41, 5.74) is 0.479. The monoisotopic (exact) mass is 270 g/mol. The van der Waals surface area contributed by atoms with Gasteiger partial charge in [0.05, 0.1) is 0 Å². The topological polar surface area (TPSA) is 57.3 Å². The summed E-state index contributed by atoms with van der Waals surface area (Å²) in [7, 11) is 0. The Morgan fingerprint density at radius 2 is 2.17 bits per heavy atom. The molecule has 0 unspecified atom stereocenters. The maximum Gasteiger partial charge on any atom is 0.269 e. The average molecular weight is 271 g/mol. The first-order valence-electron chi connectivity index (χ1n) is 5.98. The van der Waals surface area contributed by atoms with Crippen LogP contribution < -0.4 is 10.6 Å². The van der Waals surface area contributed by atoms with Crippen LogP contribution in [0.3, 0.4) is 0 Å². The van der Waals surface area contributed by atoms with Crippen molar-refractivity contribution in [3.63, 3.8) is 0 Å². The maximum atomic E-state index is 11.7. The van der Waals surface area contributed by atoms with Gasteiger partial charge in [-0.3, -0.25) is 14.7 Å². The number of nitrogens with zero attached hydrogens (tertiary/aromatic N) is 2. The fraction of sp³-hybridized carbons (Fsp3) is 0.500. The van der Waals surface area contributed by atoms with Crippen molar-refractivity contribution in [2.24, 2.45) is 0 Å². The van der Waals surface area contributed by atoms with Crippen molar-refractivity contribution in [1.29, 1.82) is 0 Å². The molecule has 2 rings (SSSR count). The van der Waals surface area contributed by atoms with Gasteiger partial charge in [0, 0.05) is 45.5 Å². The molecule has 2 heterocycles. The molecule has 1 saturated heterocycles. The summed E-state index contributed by atoms with van der Waals surface area (Å²) in [4.78, 5) is 18.0. The molecule has 0 radical (unpaired) electrons. The standard InChI is InChI=1S/C12H18N4O.ClH/c17-12(11-3-1-2-4-14-11)15-7-10-16-8-5-13-6-9-16;/h1-4,13H,5-10H2,(H,15,17);1H. The van der Waals surface area contributed by atoms with Crippen LogP contribution in [0.15, 0.2) is 24.4 Å². The third kappa shape index (κ3) is 4.60. The Bertz CT molecular complexity index is 354. The summed E-state index contributed by atoms with van der Waals surface area (Å²) in [6.45, 7) is 5.76. The molecule has 0 aliphatic carbocycles. The van der Waals surface area contributed by atoms with Crippen molar-refractivity contribution in [2.45, 2.75) is 0 Å². The predicted molar refractivity (Wildman–Crippen MR) is 73.1 cm³/mol. The second-order valence-corrected chi connectivity index (χ2v) is 4.06. The van der Waals surface area contributed by atoms with Crippen molar-refractivity contribution in [3.05, 3.63) is 30.1 Å². The summed E-state index contributed by atoms with van der Waals surface area (Å²) < 4.78 is 0. The number of hydrogen-bond acceptors (Lipinski definition) is 4. The van der Waals surface area contributed by atoms with Crippen molar-refractivity contribution >= 4 is 18.3 Å². The number of halogens is 1. The minimum Gasteiger partial charge on any atom is -0.349 e. The minimum atomic E-state index is -0.0965. The van der Waals surface area contributed by atoms with Crippen molar-refractivity contribution in [1.82, 2.24) is 20.5 Å². The van der Waals surface area contributed by atoms with Crippen LogP contribution in [0.2, 0.25) is 0 Å². The van der Waals surface area contributed by atoms with Crippen LogP contribution in [-0.2, 0) is 0 Å².